The van der Waals surface area contributed by atoms with Gasteiger partial charge in [0.15, 0.2) is 11.5 Å². The molecular weight excluding hydrogens is 332 g/mol. The molecule has 1 aliphatic heterocycles. The standard InChI is InChI=1S/C16H22N2O5S/c1-22-14-6-5-13(11-15(14)23-2)24(20,21)18-9-7-17(8-10-18)16(19)12-3-4-12/h5-6,11-12H,3-4,7-10H2,1-2H3. The van der Waals surface area contributed by atoms with Crippen LogP contribution in [0.15, 0.2) is 23.1 Å². The molecule has 0 atom stereocenters. The molecule has 0 unspecified atom stereocenters. The summed E-state index contributed by atoms with van der Waals surface area (Å²) < 4.78 is 37.4. The molecule has 0 aromatic heterocycles. The Labute approximate surface area is 142 Å². The van der Waals surface area contributed by atoms with Crippen molar-refractivity contribution >= 4 is 15.9 Å². The maximum atomic E-state index is 12.8. The summed E-state index contributed by atoms with van der Waals surface area (Å²) in [5.41, 5.74) is 0. The van der Waals surface area contributed by atoms with Crippen molar-refractivity contribution in [3.63, 3.8) is 0 Å². The molecule has 0 spiro atoms. The number of carbonyl (C=O) groups excluding carboxylic acids is 1. The van der Waals surface area contributed by atoms with Crippen molar-refractivity contribution < 1.29 is 22.7 Å². The van der Waals surface area contributed by atoms with E-state index in [1.54, 1.807) is 11.0 Å². The summed E-state index contributed by atoms with van der Waals surface area (Å²) in [7, 11) is -0.643. The molecule has 8 heteroatoms. The van der Waals surface area contributed by atoms with Crippen LogP contribution < -0.4 is 9.47 Å². The highest BCUT2D eigenvalue weighted by molar-refractivity contribution is 7.89. The second kappa shape index (κ2) is 6.60. The maximum absolute atomic E-state index is 12.8. The highest BCUT2D eigenvalue weighted by Gasteiger charge is 2.36. The van der Waals surface area contributed by atoms with Crippen molar-refractivity contribution in [1.29, 1.82) is 0 Å². The van der Waals surface area contributed by atoms with Gasteiger partial charge in [0.25, 0.3) is 0 Å². The number of ether oxygens (including phenoxy) is 2. The summed E-state index contributed by atoms with van der Waals surface area (Å²) >= 11 is 0. The van der Waals surface area contributed by atoms with Crippen LogP contribution in [-0.2, 0) is 14.8 Å². The Morgan fingerprint density at radius 2 is 1.67 bits per heavy atom. The van der Waals surface area contributed by atoms with Crippen molar-refractivity contribution in [3.8, 4) is 11.5 Å². The second-order valence-electron chi connectivity index (χ2n) is 6.02. The van der Waals surface area contributed by atoms with Crippen molar-refractivity contribution in [1.82, 2.24) is 9.21 Å². The normalized spacial score (nSPS) is 19.2. The van der Waals surface area contributed by atoms with E-state index in [4.69, 9.17) is 9.47 Å². The zero-order chi connectivity index (χ0) is 17.3. The van der Waals surface area contributed by atoms with Crippen molar-refractivity contribution in [2.45, 2.75) is 17.7 Å². The zero-order valence-electron chi connectivity index (χ0n) is 13.9. The highest BCUT2D eigenvalue weighted by Crippen LogP contribution is 2.33. The topological polar surface area (TPSA) is 76.2 Å². The van der Waals surface area contributed by atoms with Gasteiger partial charge in [0.05, 0.1) is 19.1 Å². The second-order valence-corrected chi connectivity index (χ2v) is 7.96. The van der Waals surface area contributed by atoms with Crippen LogP contribution in [0.25, 0.3) is 0 Å². The van der Waals surface area contributed by atoms with Crippen LogP contribution in [0, 0.1) is 5.92 Å². The number of hydrogen-bond acceptors (Lipinski definition) is 5. The molecule has 1 saturated carbocycles. The van der Waals surface area contributed by atoms with Crippen LogP contribution in [0.1, 0.15) is 12.8 Å². The molecule has 0 N–H and O–H groups in total. The molecule has 1 aromatic rings. The Kier molecular flexibility index (Phi) is 4.69. The predicted octanol–water partition coefficient (Wildman–Crippen LogP) is 0.947. The quantitative estimate of drug-likeness (QED) is 0.787. The van der Waals surface area contributed by atoms with Gasteiger partial charge in [0.1, 0.15) is 0 Å². The van der Waals surface area contributed by atoms with Gasteiger partial charge in [-0.15, -0.1) is 0 Å². The summed E-state index contributed by atoms with van der Waals surface area (Å²) in [6.45, 7) is 1.52. The molecule has 0 radical (unpaired) electrons. The molecule has 1 saturated heterocycles. The average Bonchev–Trinajstić information content (AvgIpc) is 3.45. The Hall–Kier alpha value is -1.80. The van der Waals surface area contributed by atoms with Gasteiger partial charge in [-0.25, -0.2) is 8.42 Å². The third kappa shape index (κ3) is 3.21. The monoisotopic (exact) mass is 354 g/mol. The van der Waals surface area contributed by atoms with Gasteiger partial charge in [-0.2, -0.15) is 4.31 Å². The molecule has 0 bridgehead atoms. The minimum Gasteiger partial charge on any atom is -0.493 e. The predicted molar refractivity (Wildman–Crippen MR) is 87.6 cm³/mol. The first-order valence-corrected chi connectivity index (χ1v) is 9.42. The van der Waals surface area contributed by atoms with Crippen LogP contribution in [0.3, 0.4) is 0 Å². The lowest BCUT2D eigenvalue weighted by Crippen LogP contribution is -2.50. The highest BCUT2D eigenvalue weighted by atomic mass is 32.2. The Bertz CT molecular complexity index is 722. The summed E-state index contributed by atoms with van der Waals surface area (Å²) in [6.07, 6.45) is 1.92. The summed E-state index contributed by atoms with van der Waals surface area (Å²) in [5, 5.41) is 0. The van der Waals surface area contributed by atoms with Gasteiger partial charge in [-0.3, -0.25) is 4.79 Å². The van der Waals surface area contributed by atoms with Gasteiger partial charge in [-0.1, -0.05) is 0 Å². The van der Waals surface area contributed by atoms with Crippen LogP contribution >= 0.6 is 0 Å². The van der Waals surface area contributed by atoms with E-state index in [1.807, 2.05) is 0 Å². The minimum absolute atomic E-state index is 0.165. The van der Waals surface area contributed by atoms with Gasteiger partial charge >= 0.3 is 0 Å². The number of nitrogens with zero attached hydrogens (tertiary/aromatic N) is 2. The lowest BCUT2D eigenvalue weighted by atomic mass is 10.3. The Morgan fingerprint density at radius 1 is 1.04 bits per heavy atom. The lowest BCUT2D eigenvalue weighted by molar-refractivity contribution is -0.133. The van der Waals surface area contributed by atoms with E-state index in [0.29, 0.717) is 37.7 Å². The number of carbonyl (C=O) groups is 1. The first-order chi connectivity index (χ1) is 11.5. The van der Waals surface area contributed by atoms with E-state index < -0.39 is 10.0 Å². The first kappa shape index (κ1) is 17.0. The van der Waals surface area contributed by atoms with Gasteiger partial charge in [-0.05, 0) is 25.0 Å². The summed E-state index contributed by atoms with van der Waals surface area (Å²) in [4.78, 5) is 14.0. The minimum atomic E-state index is -3.61. The van der Waals surface area contributed by atoms with Crippen molar-refractivity contribution in [3.05, 3.63) is 18.2 Å². The number of piperazine rings is 1. The fourth-order valence-corrected chi connectivity index (χ4v) is 4.30. The van der Waals surface area contributed by atoms with E-state index in [2.05, 4.69) is 0 Å². The van der Waals surface area contributed by atoms with Gasteiger partial charge < -0.3 is 14.4 Å². The number of sulfonamides is 1. The number of hydrogen-bond donors (Lipinski definition) is 0. The maximum Gasteiger partial charge on any atom is 0.243 e. The van der Waals surface area contributed by atoms with E-state index in [-0.39, 0.29) is 16.7 Å². The molecule has 2 fully saturated rings. The molecule has 1 amide bonds. The van der Waals surface area contributed by atoms with E-state index in [1.165, 1.54) is 30.7 Å². The van der Waals surface area contributed by atoms with Crippen LogP contribution in [-0.4, -0.2) is 63.9 Å². The van der Waals surface area contributed by atoms with Gasteiger partial charge in [0.2, 0.25) is 15.9 Å². The fourth-order valence-electron chi connectivity index (χ4n) is 2.86. The first-order valence-electron chi connectivity index (χ1n) is 7.98. The molecule has 132 valence electrons. The van der Waals surface area contributed by atoms with E-state index in [9.17, 15) is 13.2 Å². The van der Waals surface area contributed by atoms with E-state index in [0.717, 1.165) is 12.8 Å². The van der Waals surface area contributed by atoms with Gasteiger partial charge in [0, 0.05) is 38.2 Å². The Balaban J connectivity index is 1.73. The molecule has 24 heavy (non-hydrogen) atoms. The zero-order valence-corrected chi connectivity index (χ0v) is 14.7. The number of rotatable bonds is 5. The van der Waals surface area contributed by atoms with Crippen LogP contribution in [0.2, 0.25) is 0 Å². The molecule has 2 aliphatic rings. The molecular formula is C16H22N2O5S. The third-order valence-corrected chi connectivity index (χ3v) is 6.36. The summed E-state index contributed by atoms with van der Waals surface area (Å²) in [6, 6.07) is 4.56. The smallest absolute Gasteiger partial charge is 0.243 e. The number of methoxy groups -OCH3 is 2. The van der Waals surface area contributed by atoms with Crippen LogP contribution in [0.4, 0.5) is 0 Å². The van der Waals surface area contributed by atoms with Crippen molar-refractivity contribution in [2.24, 2.45) is 5.92 Å². The Morgan fingerprint density at radius 3 is 2.21 bits per heavy atom. The summed E-state index contributed by atoms with van der Waals surface area (Å²) in [5.74, 6) is 1.19. The number of benzene rings is 1. The largest absolute Gasteiger partial charge is 0.493 e. The van der Waals surface area contributed by atoms with Crippen LogP contribution in [0.5, 0.6) is 11.5 Å². The lowest BCUT2D eigenvalue weighted by Gasteiger charge is -2.34. The molecule has 7 nitrogen and oxygen atoms in total. The average molecular weight is 354 g/mol. The molecule has 1 aliphatic carbocycles. The fraction of sp³-hybridized carbons (Fsp3) is 0.562. The molecule has 1 aromatic carbocycles. The third-order valence-electron chi connectivity index (χ3n) is 4.47. The number of amides is 1. The molecule has 3 rings (SSSR count). The van der Waals surface area contributed by atoms with E-state index >= 15 is 0 Å². The SMILES string of the molecule is COc1ccc(S(=O)(=O)N2CCN(C(=O)C3CC3)CC2)cc1OC. The molecule has 1 heterocycles. The van der Waals surface area contributed by atoms with Crippen molar-refractivity contribution in [2.75, 3.05) is 40.4 Å².